The molecule has 3 rings (SSSR count). The van der Waals surface area contributed by atoms with Crippen molar-refractivity contribution in [2.45, 2.75) is 5.33 Å². The normalized spacial score (nSPS) is 11.1. The molecule has 1 aromatic carbocycles. The van der Waals surface area contributed by atoms with Gasteiger partial charge in [0.05, 0.1) is 10.4 Å². The van der Waals surface area contributed by atoms with Gasteiger partial charge in [0.1, 0.15) is 5.52 Å². The second-order valence-corrected chi connectivity index (χ2v) is 5.35. The predicted molar refractivity (Wildman–Crippen MR) is 76.0 cm³/mol. The first-order valence-electron chi connectivity index (χ1n) is 5.17. The molecule has 4 heteroatoms. The topological polar surface area (TPSA) is 30.0 Å². The quantitative estimate of drug-likeness (QED) is 0.507. The molecule has 3 aromatic rings. The Hall–Kier alpha value is -1.26. The highest BCUT2D eigenvalue weighted by Crippen LogP contribution is 2.23. The van der Waals surface area contributed by atoms with Crippen molar-refractivity contribution in [3.8, 4) is 0 Å². The largest absolute Gasteiger partial charge is 0.287 e. The molecule has 17 heavy (non-hydrogen) atoms. The molecular formula is C13H8BrNOS. The van der Waals surface area contributed by atoms with Crippen LogP contribution in [-0.4, -0.2) is 4.98 Å². The third-order valence-corrected chi connectivity index (χ3v) is 4.32. The van der Waals surface area contributed by atoms with Crippen LogP contribution in [0.15, 0.2) is 41.2 Å². The number of hydrogen-bond acceptors (Lipinski definition) is 3. The number of nitrogens with zero attached hydrogens (tertiary/aromatic N) is 1. The number of pyridine rings is 1. The van der Waals surface area contributed by atoms with Crippen LogP contribution in [0, 0.1) is 0 Å². The van der Waals surface area contributed by atoms with E-state index in [1.807, 2.05) is 36.4 Å². The van der Waals surface area contributed by atoms with Crippen molar-refractivity contribution in [2.75, 3.05) is 0 Å². The van der Waals surface area contributed by atoms with Crippen LogP contribution in [-0.2, 0) is 5.33 Å². The van der Waals surface area contributed by atoms with Gasteiger partial charge in [0.25, 0.3) is 0 Å². The Bertz CT molecular complexity index is 766. The number of alkyl halides is 1. The maximum atomic E-state index is 12.3. The van der Waals surface area contributed by atoms with Gasteiger partial charge in [0.2, 0.25) is 5.43 Å². The highest BCUT2D eigenvalue weighted by atomic mass is 79.9. The smallest absolute Gasteiger partial charge is 0.214 e. The van der Waals surface area contributed by atoms with Gasteiger partial charge in [-0.05, 0) is 24.3 Å². The zero-order valence-electron chi connectivity index (χ0n) is 8.81. The lowest BCUT2D eigenvalue weighted by Gasteiger charge is -2.01. The average Bonchev–Trinajstić information content (AvgIpc) is 2.39. The summed E-state index contributed by atoms with van der Waals surface area (Å²) < 4.78 is 1.96. The lowest BCUT2D eigenvalue weighted by atomic mass is 10.2. The Morgan fingerprint density at radius 3 is 2.76 bits per heavy atom. The summed E-state index contributed by atoms with van der Waals surface area (Å²) in [7, 11) is 0. The number of benzene rings is 1. The molecule has 0 radical (unpaired) electrons. The summed E-state index contributed by atoms with van der Waals surface area (Å²) in [6, 6.07) is 11.6. The molecular weight excluding hydrogens is 298 g/mol. The minimum absolute atomic E-state index is 0.0251. The van der Waals surface area contributed by atoms with Crippen LogP contribution in [0.4, 0.5) is 0 Å². The van der Waals surface area contributed by atoms with Crippen LogP contribution in [0.5, 0.6) is 0 Å². The molecule has 0 saturated heterocycles. The van der Waals surface area contributed by atoms with Crippen LogP contribution in [0.2, 0.25) is 0 Å². The van der Waals surface area contributed by atoms with Crippen molar-refractivity contribution in [3.63, 3.8) is 0 Å². The third kappa shape index (κ3) is 1.77. The molecule has 0 spiro atoms. The molecule has 0 amide bonds. The van der Waals surface area contributed by atoms with Gasteiger partial charge in [0, 0.05) is 15.4 Å². The summed E-state index contributed by atoms with van der Waals surface area (Å²) in [5.74, 6) is 0. The van der Waals surface area contributed by atoms with Gasteiger partial charge in [-0.1, -0.05) is 28.1 Å². The van der Waals surface area contributed by atoms with Gasteiger partial charge in [-0.3, -0.25) is 4.79 Å². The molecule has 0 aliphatic carbocycles. The van der Waals surface area contributed by atoms with Gasteiger partial charge in [-0.15, -0.1) is 11.3 Å². The van der Waals surface area contributed by atoms with Gasteiger partial charge >= 0.3 is 0 Å². The lowest BCUT2D eigenvalue weighted by molar-refractivity contribution is 1.23. The highest BCUT2D eigenvalue weighted by Gasteiger charge is 2.07. The summed E-state index contributed by atoms with van der Waals surface area (Å²) in [5, 5.41) is 1.42. The Balaban J connectivity index is 2.51. The van der Waals surface area contributed by atoms with E-state index in [0.29, 0.717) is 10.8 Å². The van der Waals surface area contributed by atoms with E-state index in [9.17, 15) is 4.79 Å². The monoisotopic (exact) mass is 305 g/mol. The van der Waals surface area contributed by atoms with E-state index in [2.05, 4.69) is 20.9 Å². The molecule has 2 heterocycles. The molecule has 0 aliphatic rings. The van der Waals surface area contributed by atoms with Gasteiger partial charge in [-0.2, -0.15) is 0 Å². The zero-order valence-corrected chi connectivity index (χ0v) is 11.2. The second-order valence-electron chi connectivity index (χ2n) is 3.71. The van der Waals surface area contributed by atoms with Crippen molar-refractivity contribution < 1.29 is 0 Å². The van der Waals surface area contributed by atoms with Crippen LogP contribution in [0.25, 0.3) is 20.3 Å². The van der Waals surface area contributed by atoms with E-state index >= 15 is 0 Å². The van der Waals surface area contributed by atoms with E-state index in [4.69, 9.17) is 0 Å². The summed E-state index contributed by atoms with van der Waals surface area (Å²) in [6.07, 6.45) is 0. The van der Waals surface area contributed by atoms with E-state index in [1.54, 1.807) is 11.3 Å². The molecule has 0 saturated carbocycles. The Kier molecular flexibility index (Phi) is 2.68. The van der Waals surface area contributed by atoms with Crippen LogP contribution in [0.3, 0.4) is 0 Å². The van der Waals surface area contributed by atoms with Crippen LogP contribution in [0.1, 0.15) is 5.69 Å². The first-order chi connectivity index (χ1) is 8.29. The van der Waals surface area contributed by atoms with Gasteiger partial charge in [0.15, 0.2) is 0 Å². The second kappa shape index (κ2) is 4.20. The van der Waals surface area contributed by atoms with Crippen LogP contribution >= 0.6 is 27.3 Å². The van der Waals surface area contributed by atoms with Crippen molar-refractivity contribution in [3.05, 3.63) is 52.3 Å². The minimum atomic E-state index is 0.0251. The number of rotatable bonds is 1. The number of hydrogen-bond donors (Lipinski definition) is 0. The summed E-state index contributed by atoms with van der Waals surface area (Å²) in [4.78, 5) is 16.7. The zero-order chi connectivity index (χ0) is 11.8. The lowest BCUT2D eigenvalue weighted by Crippen LogP contribution is -2.03. The van der Waals surface area contributed by atoms with E-state index in [0.717, 1.165) is 20.5 Å². The molecule has 0 atom stereocenters. The van der Waals surface area contributed by atoms with Crippen molar-refractivity contribution in [1.29, 1.82) is 0 Å². The Morgan fingerprint density at radius 1 is 1.12 bits per heavy atom. The molecule has 2 aromatic heterocycles. The van der Waals surface area contributed by atoms with Crippen molar-refractivity contribution in [2.24, 2.45) is 0 Å². The first kappa shape index (κ1) is 10.9. The molecule has 0 aliphatic heterocycles. The van der Waals surface area contributed by atoms with E-state index < -0.39 is 0 Å². The predicted octanol–water partition coefficient (Wildman–Crippen LogP) is 3.70. The molecule has 0 N–H and O–H groups in total. The fourth-order valence-electron chi connectivity index (χ4n) is 1.80. The van der Waals surface area contributed by atoms with Gasteiger partial charge < -0.3 is 0 Å². The molecule has 84 valence electrons. The molecule has 0 fully saturated rings. The summed E-state index contributed by atoms with van der Waals surface area (Å²) in [6.45, 7) is 0. The van der Waals surface area contributed by atoms with E-state index in [1.165, 1.54) is 0 Å². The number of fused-ring (bicyclic) bond motifs is 2. The maximum Gasteiger partial charge on any atom is 0.214 e. The van der Waals surface area contributed by atoms with Crippen molar-refractivity contribution in [1.82, 2.24) is 4.98 Å². The highest BCUT2D eigenvalue weighted by molar-refractivity contribution is 9.08. The standard InChI is InChI=1S/C13H8BrNOS/c14-7-8-5-6-11-12(15-8)13(16)9-3-1-2-4-10(9)17-11/h1-6H,7H2. The van der Waals surface area contributed by atoms with Crippen molar-refractivity contribution >= 4 is 47.6 Å². The fraction of sp³-hybridized carbons (Fsp3) is 0.0769. The maximum absolute atomic E-state index is 12.3. The molecule has 0 bridgehead atoms. The van der Waals surface area contributed by atoms with E-state index in [-0.39, 0.29) is 5.43 Å². The Morgan fingerprint density at radius 2 is 1.94 bits per heavy atom. The van der Waals surface area contributed by atoms with Gasteiger partial charge in [-0.25, -0.2) is 4.98 Å². The Labute approximate surface area is 110 Å². The molecule has 0 unspecified atom stereocenters. The summed E-state index contributed by atoms with van der Waals surface area (Å²) >= 11 is 4.96. The minimum Gasteiger partial charge on any atom is -0.287 e. The number of halogens is 1. The van der Waals surface area contributed by atoms with Crippen LogP contribution < -0.4 is 5.43 Å². The third-order valence-electron chi connectivity index (χ3n) is 2.62. The average molecular weight is 306 g/mol. The SMILES string of the molecule is O=c1c2ccccc2sc2ccc(CBr)nc12. The summed E-state index contributed by atoms with van der Waals surface area (Å²) in [5.41, 5.74) is 1.49. The first-order valence-corrected chi connectivity index (χ1v) is 7.11. The number of aromatic nitrogens is 1. The fourth-order valence-corrected chi connectivity index (χ4v) is 3.13. The molecule has 2 nitrogen and oxygen atoms in total.